The van der Waals surface area contributed by atoms with Crippen molar-refractivity contribution in [3.05, 3.63) is 24.0 Å². The minimum absolute atomic E-state index is 0.0321. The van der Waals surface area contributed by atoms with Gasteiger partial charge in [-0.25, -0.2) is 9.59 Å². The van der Waals surface area contributed by atoms with E-state index in [4.69, 9.17) is 9.84 Å². The van der Waals surface area contributed by atoms with Crippen LogP contribution in [0.25, 0.3) is 0 Å². The largest absolute Gasteiger partial charge is 0.478 e. The Morgan fingerprint density at radius 2 is 2.32 bits per heavy atom. The van der Waals surface area contributed by atoms with Crippen LogP contribution >= 0.6 is 0 Å². The highest BCUT2D eigenvalue weighted by atomic mass is 16.5. The van der Waals surface area contributed by atoms with Gasteiger partial charge in [-0.2, -0.15) is 0 Å². The van der Waals surface area contributed by atoms with Gasteiger partial charge in [0.25, 0.3) is 0 Å². The monoisotopic (exact) mass is 265 g/mol. The average Bonchev–Trinajstić information content (AvgIpc) is 2.92. The molecule has 0 aliphatic carbocycles. The van der Waals surface area contributed by atoms with Crippen LogP contribution in [-0.4, -0.2) is 53.3 Å². The van der Waals surface area contributed by atoms with Gasteiger partial charge in [0.2, 0.25) is 0 Å². The van der Waals surface area contributed by atoms with Crippen LogP contribution in [0.4, 0.5) is 10.5 Å². The predicted molar refractivity (Wildman–Crippen MR) is 67.2 cm³/mol. The highest BCUT2D eigenvalue weighted by Crippen LogP contribution is 2.13. The molecular weight excluding hydrogens is 250 g/mol. The van der Waals surface area contributed by atoms with Gasteiger partial charge in [-0.05, 0) is 12.5 Å². The normalized spacial score (nSPS) is 18.1. The van der Waals surface area contributed by atoms with Crippen LogP contribution in [0.2, 0.25) is 0 Å². The zero-order chi connectivity index (χ0) is 13.8. The van der Waals surface area contributed by atoms with Crippen LogP contribution in [0, 0.1) is 0 Å². The quantitative estimate of drug-likeness (QED) is 0.851. The SMILES string of the molecule is CN(C(=O)Nc1cncc(C(=O)O)c1)C1CCOC1. The fourth-order valence-electron chi connectivity index (χ4n) is 1.83. The number of pyridine rings is 1. The third-order valence-corrected chi connectivity index (χ3v) is 3.01. The molecule has 1 aromatic heterocycles. The summed E-state index contributed by atoms with van der Waals surface area (Å²) in [6, 6.07) is 1.11. The Morgan fingerprint density at radius 1 is 1.53 bits per heavy atom. The zero-order valence-corrected chi connectivity index (χ0v) is 10.5. The standard InChI is InChI=1S/C12H15N3O4/c1-15(10-2-3-19-7-10)12(18)14-9-4-8(11(16)17)5-13-6-9/h4-6,10H,2-3,7H2,1H3,(H,14,18)(H,16,17). The number of carbonyl (C=O) groups excluding carboxylic acids is 1. The number of aromatic carboxylic acids is 1. The maximum atomic E-state index is 12.0. The molecule has 7 nitrogen and oxygen atoms in total. The first kappa shape index (κ1) is 13.3. The minimum Gasteiger partial charge on any atom is -0.478 e. The van der Waals surface area contributed by atoms with Crippen molar-refractivity contribution in [3.8, 4) is 0 Å². The smallest absolute Gasteiger partial charge is 0.337 e. The maximum absolute atomic E-state index is 12.0. The Bertz CT molecular complexity index is 486. The van der Waals surface area contributed by atoms with Gasteiger partial charge >= 0.3 is 12.0 Å². The molecule has 0 saturated carbocycles. The topological polar surface area (TPSA) is 91.8 Å². The van der Waals surface area contributed by atoms with Crippen molar-refractivity contribution < 1.29 is 19.4 Å². The number of urea groups is 1. The van der Waals surface area contributed by atoms with E-state index in [9.17, 15) is 9.59 Å². The highest BCUT2D eigenvalue weighted by Gasteiger charge is 2.24. The van der Waals surface area contributed by atoms with Crippen molar-refractivity contribution in [1.29, 1.82) is 0 Å². The third kappa shape index (κ3) is 3.19. The van der Waals surface area contributed by atoms with E-state index in [1.54, 1.807) is 11.9 Å². The molecule has 1 saturated heterocycles. The van der Waals surface area contributed by atoms with Gasteiger partial charge in [0.1, 0.15) is 0 Å². The molecule has 0 aromatic carbocycles. The van der Waals surface area contributed by atoms with E-state index < -0.39 is 5.97 Å². The van der Waals surface area contributed by atoms with Gasteiger partial charge in [0, 0.05) is 19.9 Å². The first-order valence-corrected chi connectivity index (χ1v) is 5.88. The van der Waals surface area contributed by atoms with Gasteiger partial charge in [-0.3, -0.25) is 4.98 Å². The molecule has 0 radical (unpaired) electrons. The molecule has 1 unspecified atom stereocenters. The van der Waals surface area contributed by atoms with E-state index in [0.717, 1.165) is 6.42 Å². The lowest BCUT2D eigenvalue weighted by atomic mass is 10.2. The molecule has 2 heterocycles. The van der Waals surface area contributed by atoms with E-state index in [1.165, 1.54) is 18.5 Å². The van der Waals surface area contributed by atoms with E-state index >= 15 is 0 Å². The number of nitrogens with zero attached hydrogens (tertiary/aromatic N) is 2. The number of nitrogens with one attached hydrogen (secondary N) is 1. The van der Waals surface area contributed by atoms with Gasteiger partial charge in [-0.1, -0.05) is 0 Å². The third-order valence-electron chi connectivity index (χ3n) is 3.01. The summed E-state index contributed by atoms with van der Waals surface area (Å²) in [4.78, 5) is 28.1. The second-order valence-corrected chi connectivity index (χ2v) is 4.33. The zero-order valence-electron chi connectivity index (χ0n) is 10.5. The molecule has 1 fully saturated rings. The van der Waals surface area contributed by atoms with Crippen molar-refractivity contribution in [1.82, 2.24) is 9.88 Å². The summed E-state index contributed by atoms with van der Waals surface area (Å²) >= 11 is 0. The van der Waals surface area contributed by atoms with Crippen LogP contribution in [0.3, 0.4) is 0 Å². The van der Waals surface area contributed by atoms with Gasteiger partial charge in [0.15, 0.2) is 0 Å². The molecule has 1 aromatic rings. The minimum atomic E-state index is -1.08. The van der Waals surface area contributed by atoms with Crippen molar-refractivity contribution in [3.63, 3.8) is 0 Å². The Kier molecular flexibility index (Phi) is 3.96. The summed E-state index contributed by atoms with van der Waals surface area (Å²) in [6.07, 6.45) is 3.44. The molecular formula is C12H15N3O4. The molecule has 1 atom stereocenters. The first-order chi connectivity index (χ1) is 9.08. The molecule has 1 aliphatic rings. The number of hydrogen-bond donors (Lipinski definition) is 2. The van der Waals surface area contributed by atoms with Gasteiger partial charge < -0.3 is 20.1 Å². The lowest BCUT2D eigenvalue weighted by Gasteiger charge is -2.23. The lowest BCUT2D eigenvalue weighted by Crippen LogP contribution is -2.40. The van der Waals surface area contributed by atoms with E-state index in [0.29, 0.717) is 18.9 Å². The number of aromatic nitrogens is 1. The second-order valence-electron chi connectivity index (χ2n) is 4.33. The number of rotatable bonds is 3. The number of anilines is 1. The average molecular weight is 265 g/mol. The summed E-state index contributed by atoms with van der Waals surface area (Å²) in [6.45, 7) is 1.18. The Hall–Kier alpha value is -2.15. The number of likely N-dealkylation sites (N-methyl/N-ethyl adjacent to an activating group) is 1. The summed E-state index contributed by atoms with van der Waals surface area (Å²) in [5.74, 6) is -1.08. The van der Waals surface area contributed by atoms with Crippen molar-refractivity contribution in [2.45, 2.75) is 12.5 Å². The van der Waals surface area contributed by atoms with Crippen LogP contribution in [0.1, 0.15) is 16.8 Å². The van der Waals surface area contributed by atoms with Gasteiger partial charge in [0.05, 0.1) is 30.1 Å². The molecule has 0 spiro atoms. The van der Waals surface area contributed by atoms with Gasteiger partial charge in [-0.15, -0.1) is 0 Å². The number of carboxylic acid groups (broad SMARTS) is 1. The maximum Gasteiger partial charge on any atom is 0.337 e. The van der Waals surface area contributed by atoms with Crippen molar-refractivity contribution in [2.75, 3.05) is 25.6 Å². The fourth-order valence-corrected chi connectivity index (χ4v) is 1.83. The summed E-state index contributed by atoms with van der Waals surface area (Å²) in [5, 5.41) is 11.5. The van der Waals surface area contributed by atoms with Crippen molar-refractivity contribution in [2.24, 2.45) is 0 Å². The van der Waals surface area contributed by atoms with Crippen LogP contribution in [-0.2, 0) is 4.74 Å². The molecule has 2 amide bonds. The second kappa shape index (κ2) is 5.66. The van der Waals surface area contributed by atoms with Crippen LogP contribution in [0.15, 0.2) is 18.5 Å². The number of amides is 2. The van der Waals surface area contributed by atoms with Crippen molar-refractivity contribution >= 4 is 17.7 Å². The summed E-state index contributed by atoms with van der Waals surface area (Å²) in [7, 11) is 1.68. The number of carboxylic acids is 1. The molecule has 7 heteroatoms. The number of ether oxygens (including phenoxy) is 1. The van der Waals surface area contributed by atoms with Crippen LogP contribution in [0.5, 0.6) is 0 Å². The molecule has 19 heavy (non-hydrogen) atoms. The fraction of sp³-hybridized carbons (Fsp3) is 0.417. The molecule has 0 bridgehead atoms. The molecule has 1 aliphatic heterocycles. The summed E-state index contributed by atoms with van der Waals surface area (Å²) < 4.78 is 5.22. The van der Waals surface area contributed by atoms with Crippen LogP contribution < -0.4 is 5.32 Å². The molecule has 2 N–H and O–H groups in total. The van der Waals surface area contributed by atoms with E-state index in [1.807, 2.05) is 0 Å². The lowest BCUT2D eigenvalue weighted by molar-refractivity contribution is 0.0696. The van der Waals surface area contributed by atoms with E-state index in [2.05, 4.69) is 10.3 Å². The van der Waals surface area contributed by atoms with E-state index in [-0.39, 0.29) is 17.6 Å². The first-order valence-electron chi connectivity index (χ1n) is 5.88. The molecule has 102 valence electrons. The highest BCUT2D eigenvalue weighted by molar-refractivity contribution is 5.92. The Morgan fingerprint density at radius 3 is 2.95 bits per heavy atom. The number of hydrogen-bond acceptors (Lipinski definition) is 4. The Labute approximate surface area is 110 Å². The predicted octanol–water partition coefficient (Wildman–Crippen LogP) is 1.03. The number of carbonyl (C=O) groups is 2. The Balaban J connectivity index is 2.01. The molecule has 2 rings (SSSR count). The summed E-state index contributed by atoms with van der Waals surface area (Å²) in [5.41, 5.74) is 0.389.